The third-order valence-corrected chi connectivity index (χ3v) is 3.00. The van der Waals surface area contributed by atoms with Gasteiger partial charge < -0.3 is 10.2 Å². The summed E-state index contributed by atoms with van der Waals surface area (Å²) in [6.45, 7) is 0. The standard InChI is InChI=1S/C14H11F3O3/c15-14(16,17)13(20)11-6-3-9(12(11)19)7-8-1-4-10(18)5-2-8/h1-2,4-5,7,18-19H,3,6H2. The fourth-order valence-electron chi connectivity index (χ4n) is 1.99. The minimum Gasteiger partial charge on any atom is -0.508 e. The number of benzene rings is 1. The highest BCUT2D eigenvalue weighted by atomic mass is 19.4. The topological polar surface area (TPSA) is 57.5 Å². The van der Waals surface area contributed by atoms with Crippen molar-refractivity contribution in [2.24, 2.45) is 0 Å². The van der Waals surface area contributed by atoms with Crippen LogP contribution >= 0.6 is 0 Å². The number of rotatable bonds is 2. The van der Waals surface area contributed by atoms with Crippen LogP contribution in [0.5, 0.6) is 5.75 Å². The second-order valence-corrected chi connectivity index (χ2v) is 4.42. The van der Waals surface area contributed by atoms with Crippen molar-refractivity contribution < 1.29 is 28.2 Å². The zero-order valence-electron chi connectivity index (χ0n) is 10.2. The van der Waals surface area contributed by atoms with Gasteiger partial charge in [0.2, 0.25) is 0 Å². The van der Waals surface area contributed by atoms with Crippen molar-refractivity contribution in [2.75, 3.05) is 0 Å². The summed E-state index contributed by atoms with van der Waals surface area (Å²) in [5.41, 5.74) is 0.302. The van der Waals surface area contributed by atoms with Gasteiger partial charge >= 0.3 is 6.18 Å². The number of aliphatic hydroxyl groups is 1. The lowest BCUT2D eigenvalue weighted by atomic mass is 10.1. The maximum Gasteiger partial charge on any atom is 0.454 e. The van der Waals surface area contributed by atoms with Gasteiger partial charge in [-0.05, 0) is 42.2 Å². The Kier molecular flexibility index (Phi) is 3.57. The van der Waals surface area contributed by atoms with Gasteiger partial charge in [-0.1, -0.05) is 12.1 Å². The van der Waals surface area contributed by atoms with Gasteiger partial charge in [0.15, 0.2) is 0 Å². The van der Waals surface area contributed by atoms with E-state index in [1.165, 1.54) is 18.2 Å². The van der Waals surface area contributed by atoms with E-state index in [0.29, 0.717) is 5.56 Å². The summed E-state index contributed by atoms with van der Waals surface area (Å²) in [4.78, 5) is 11.1. The molecule has 2 rings (SSSR count). The van der Waals surface area contributed by atoms with Gasteiger partial charge in [-0.3, -0.25) is 4.79 Å². The molecule has 6 heteroatoms. The van der Waals surface area contributed by atoms with E-state index >= 15 is 0 Å². The lowest BCUT2D eigenvalue weighted by Gasteiger charge is -2.05. The summed E-state index contributed by atoms with van der Waals surface area (Å²) < 4.78 is 37.0. The molecule has 1 aliphatic carbocycles. The summed E-state index contributed by atoms with van der Waals surface area (Å²) in [6.07, 6.45) is -3.44. The third kappa shape index (κ3) is 2.84. The summed E-state index contributed by atoms with van der Waals surface area (Å²) in [7, 11) is 0. The molecule has 0 saturated carbocycles. The lowest BCUT2D eigenvalue weighted by molar-refractivity contribution is -0.166. The van der Waals surface area contributed by atoms with Crippen molar-refractivity contribution >= 4 is 11.9 Å². The number of hydrogen-bond donors (Lipinski definition) is 2. The number of aliphatic hydroxyl groups excluding tert-OH is 1. The minimum atomic E-state index is -4.97. The van der Waals surface area contributed by atoms with E-state index < -0.39 is 23.3 Å². The molecule has 1 aromatic rings. The molecule has 0 heterocycles. The second kappa shape index (κ2) is 5.03. The van der Waals surface area contributed by atoms with E-state index in [4.69, 9.17) is 5.11 Å². The molecule has 0 aromatic heterocycles. The van der Waals surface area contributed by atoms with Gasteiger partial charge in [0.1, 0.15) is 11.5 Å². The fraction of sp³-hybridized carbons (Fsp3) is 0.214. The lowest BCUT2D eigenvalue weighted by Crippen LogP contribution is -2.24. The highest BCUT2D eigenvalue weighted by molar-refractivity contribution is 6.01. The Hall–Kier alpha value is -2.24. The second-order valence-electron chi connectivity index (χ2n) is 4.42. The maximum atomic E-state index is 12.3. The minimum absolute atomic E-state index is 0.0614. The Morgan fingerprint density at radius 3 is 2.25 bits per heavy atom. The normalized spacial score (nSPS) is 17.9. The first-order valence-corrected chi connectivity index (χ1v) is 5.82. The molecule has 0 fully saturated rings. The number of allylic oxidation sites excluding steroid dienone is 2. The third-order valence-electron chi connectivity index (χ3n) is 3.00. The van der Waals surface area contributed by atoms with Crippen LogP contribution in [0.3, 0.4) is 0 Å². The number of carbonyl (C=O) groups excluding carboxylic acids is 1. The molecule has 1 aromatic carbocycles. The Labute approximate surface area is 112 Å². The predicted octanol–water partition coefficient (Wildman–Crippen LogP) is 3.51. The van der Waals surface area contributed by atoms with Crippen LogP contribution in [-0.2, 0) is 4.79 Å². The first-order valence-electron chi connectivity index (χ1n) is 5.82. The van der Waals surface area contributed by atoms with Crippen LogP contribution in [-0.4, -0.2) is 22.2 Å². The average molecular weight is 284 g/mol. The number of carbonyl (C=O) groups is 1. The average Bonchev–Trinajstić information content (AvgIpc) is 2.72. The molecule has 3 nitrogen and oxygen atoms in total. The van der Waals surface area contributed by atoms with E-state index in [1.54, 1.807) is 12.1 Å². The number of halogens is 3. The Morgan fingerprint density at radius 2 is 1.70 bits per heavy atom. The molecular weight excluding hydrogens is 273 g/mol. The zero-order chi connectivity index (χ0) is 14.9. The van der Waals surface area contributed by atoms with E-state index in [0.717, 1.165) is 0 Å². The van der Waals surface area contributed by atoms with Crippen LogP contribution in [0.15, 0.2) is 41.2 Å². The van der Waals surface area contributed by atoms with E-state index in [1.807, 2.05) is 0 Å². The zero-order valence-corrected chi connectivity index (χ0v) is 10.2. The fourth-order valence-corrected chi connectivity index (χ4v) is 1.99. The van der Waals surface area contributed by atoms with Gasteiger partial charge in [0.25, 0.3) is 5.78 Å². The number of phenolic OH excluding ortho intramolecular Hbond substituents is 1. The van der Waals surface area contributed by atoms with Crippen LogP contribution in [0.4, 0.5) is 13.2 Å². The monoisotopic (exact) mass is 284 g/mol. The molecule has 0 saturated heterocycles. The first-order chi connectivity index (χ1) is 9.29. The Morgan fingerprint density at radius 1 is 1.10 bits per heavy atom. The Bertz CT molecular complexity index is 595. The van der Waals surface area contributed by atoms with E-state index in [9.17, 15) is 23.1 Å². The van der Waals surface area contributed by atoms with Crippen LogP contribution < -0.4 is 0 Å². The van der Waals surface area contributed by atoms with Gasteiger partial charge in [0.05, 0.1) is 0 Å². The van der Waals surface area contributed by atoms with Crippen LogP contribution in [0.2, 0.25) is 0 Å². The molecule has 0 atom stereocenters. The van der Waals surface area contributed by atoms with Gasteiger partial charge in [0, 0.05) is 5.57 Å². The van der Waals surface area contributed by atoms with E-state index in [2.05, 4.69) is 0 Å². The van der Waals surface area contributed by atoms with Crippen molar-refractivity contribution in [3.8, 4) is 5.75 Å². The van der Waals surface area contributed by atoms with Crippen molar-refractivity contribution in [3.63, 3.8) is 0 Å². The maximum absolute atomic E-state index is 12.3. The van der Waals surface area contributed by atoms with Crippen molar-refractivity contribution in [3.05, 3.63) is 46.7 Å². The number of alkyl halides is 3. The molecule has 0 aliphatic heterocycles. The molecule has 0 spiro atoms. The number of aromatic hydroxyl groups is 1. The highest BCUT2D eigenvalue weighted by Gasteiger charge is 2.43. The summed E-state index contributed by atoms with van der Waals surface area (Å²) in [6, 6.07) is 5.95. The SMILES string of the molecule is O=C(C1=C(O)C(=Cc2ccc(O)cc2)CC1)C(F)(F)F. The molecule has 0 bridgehead atoms. The van der Waals surface area contributed by atoms with Crippen molar-refractivity contribution in [1.29, 1.82) is 0 Å². The number of ketones is 1. The molecule has 1 aliphatic rings. The van der Waals surface area contributed by atoms with E-state index in [-0.39, 0.29) is 24.2 Å². The quantitative estimate of drug-likeness (QED) is 0.873. The smallest absolute Gasteiger partial charge is 0.454 e. The van der Waals surface area contributed by atoms with Crippen LogP contribution in [0, 0.1) is 0 Å². The van der Waals surface area contributed by atoms with Gasteiger partial charge in [-0.2, -0.15) is 13.2 Å². The summed E-state index contributed by atoms with van der Waals surface area (Å²) in [5.74, 6) is -2.53. The van der Waals surface area contributed by atoms with Gasteiger partial charge in [-0.25, -0.2) is 0 Å². The largest absolute Gasteiger partial charge is 0.508 e. The number of Topliss-reactive ketones (excluding diaryl/α,β-unsaturated/α-hetero) is 1. The molecule has 20 heavy (non-hydrogen) atoms. The molecular formula is C14H11F3O3. The Balaban J connectivity index is 2.30. The van der Waals surface area contributed by atoms with Crippen molar-refractivity contribution in [2.45, 2.75) is 19.0 Å². The summed E-state index contributed by atoms with van der Waals surface area (Å²) >= 11 is 0. The molecule has 0 amide bonds. The molecule has 0 radical (unpaired) electrons. The molecule has 0 unspecified atom stereocenters. The predicted molar refractivity (Wildman–Crippen MR) is 66.0 cm³/mol. The first kappa shape index (κ1) is 14.2. The van der Waals surface area contributed by atoms with Crippen molar-refractivity contribution in [1.82, 2.24) is 0 Å². The summed E-state index contributed by atoms with van der Waals surface area (Å²) in [5, 5.41) is 18.9. The molecule has 2 N–H and O–H groups in total. The number of phenols is 1. The molecule has 106 valence electrons. The van der Waals surface area contributed by atoms with Crippen LogP contribution in [0.25, 0.3) is 6.08 Å². The number of hydrogen-bond acceptors (Lipinski definition) is 3. The highest BCUT2D eigenvalue weighted by Crippen LogP contribution is 2.35. The van der Waals surface area contributed by atoms with Crippen LogP contribution in [0.1, 0.15) is 18.4 Å². The van der Waals surface area contributed by atoms with Gasteiger partial charge in [-0.15, -0.1) is 0 Å².